The minimum atomic E-state index is -4.46. The number of nitrogen functional groups attached to an aromatic ring is 1. The number of ether oxygens (including phenoxy) is 1. The van der Waals surface area contributed by atoms with Gasteiger partial charge in [0.2, 0.25) is 0 Å². The van der Waals surface area contributed by atoms with Crippen LogP contribution in [0.1, 0.15) is 11.1 Å². The van der Waals surface area contributed by atoms with Crippen molar-refractivity contribution in [3.63, 3.8) is 0 Å². The number of nitrogens with zero attached hydrogens (tertiary/aromatic N) is 1. The maximum atomic E-state index is 12.7. The molecule has 2 aromatic carbocycles. The van der Waals surface area contributed by atoms with Crippen LogP contribution in [-0.4, -0.2) is 0 Å². The summed E-state index contributed by atoms with van der Waals surface area (Å²) in [6.45, 7) is 0. The first-order valence-corrected chi connectivity index (χ1v) is 6.45. The summed E-state index contributed by atoms with van der Waals surface area (Å²) in [4.78, 5) is 0. The highest BCUT2D eigenvalue weighted by molar-refractivity contribution is 9.10. The largest absolute Gasteiger partial charge is 0.454 e. The van der Waals surface area contributed by atoms with Crippen molar-refractivity contribution in [1.82, 2.24) is 0 Å². The molecule has 2 aromatic rings. The number of rotatable bonds is 2. The molecule has 0 amide bonds. The van der Waals surface area contributed by atoms with Crippen molar-refractivity contribution in [2.75, 3.05) is 5.73 Å². The van der Waals surface area contributed by atoms with Gasteiger partial charge in [0, 0.05) is 0 Å². The molecule has 0 aliphatic rings. The number of anilines is 1. The van der Waals surface area contributed by atoms with Gasteiger partial charge in [-0.15, -0.1) is 0 Å². The minimum absolute atomic E-state index is 0.0127. The number of benzene rings is 2. The molecule has 0 bridgehead atoms. The van der Waals surface area contributed by atoms with E-state index in [2.05, 4.69) is 15.9 Å². The predicted molar refractivity (Wildman–Crippen MR) is 74.8 cm³/mol. The summed E-state index contributed by atoms with van der Waals surface area (Å²) in [6, 6.07) is 9.26. The quantitative estimate of drug-likeness (QED) is 0.792. The van der Waals surface area contributed by atoms with E-state index < -0.39 is 11.7 Å². The second kappa shape index (κ2) is 5.66. The van der Waals surface area contributed by atoms with E-state index in [1.807, 2.05) is 6.07 Å². The fourth-order valence-electron chi connectivity index (χ4n) is 1.59. The molecule has 0 aliphatic heterocycles. The number of nitriles is 1. The van der Waals surface area contributed by atoms with Crippen LogP contribution in [0.2, 0.25) is 0 Å². The zero-order chi connectivity index (χ0) is 15.6. The number of halogens is 4. The van der Waals surface area contributed by atoms with Gasteiger partial charge in [0.1, 0.15) is 11.5 Å². The fourth-order valence-corrected chi connectivity index (χ4v) is 1.91. The smallest absolute Gasteiger partial charge is 0.416 e. The molecule has 7 heteroatoms. The molecular formula is C14H8BrF3N2O. The van der Waals surface area contributed by atoms with Crippen molar-refractivity contribution >= 4 is 21.6 Å². The van der Waals surface area contributed by atoms with E-state index in [9.17, 15) is 13.2 Å². The molecule has 0 heterocycles. The summed E-state index contributed by atoms with van der Waals surface area (Å²) >= 11 is 3.12. The standard InChI is InChI=1S/C14H8BrF3N2O/c15-10-3-2-9(14(16,17)18)6-13(10)21-12-4-1-8(7-19)5-11(12)20/h1-6H,20H2. The van der Waals surface area contributed by atoms with Crippen LogP contribution in [0.15, 0.2) is 40.9 Å². The third kappa shape index (κ3) is 3.47. The lowest BCUT2D eigenvalue weighted by molar-refractivity contribution is -0.137. The minimum Gasteiger partial charge on any atom is -0.454 e. The fraction of sp³-hybridized carbons (Fsp3) is 0.0714. The zero-order valence-electron chi connectivity index (χ0n) is 10.4. The molecule has 0 unspecified atom stereocenters. The first-order chi connectivity index (χ1) is 9.81. The van der Waals surface area contributed by atoms with Crippen molar-refractivity contribution in [3.05, 3.63) is 52.0 Å². The monoisotopic (exact) mass is 356 g/mol. The normalized spacial score (nSPS) is 11.0. The van der Waals surface area contributed by atoms with Crippen LogP contribution in [0.3, 0.4) is 0 Å². The first-order valence-electron chi connectivity index (χ1n) is 5.65. The lowest BCUT2D eigenvalue weighted by Crippen LogP contribution is -2.05. The van der Waals surface area contributed by atoms with Crippen LogP contribution in [0.25, 0.3) is 0 Å². The van der Waals surface area contributed by atoms with Gasteiger partial charge in [-0.25, -0.2) is 0 Å². The van der Waals surface area contributed by atoms with Gasteiger partial charge in [0.25, 0.3) is 0 Å². The Morgan fingerprint density at radius 1 is 1.10 bits per heavy atom. The average molecular weight is 357 g/mol. The molecule has 0 atom stereocenters. The molecular weight excluding hydrogens is 349 g/mol. The van der Waals surface area contributed by atoms with Gasteiger partial charge in [-0.1, -0.05) is 0 Å². The lowest BCUT2D eigenvalue weighted by Gasteiger charge is -2.13. The van der Waals surface area contributed by atoms with Gasteiger partial charge in [0.15, 0.2) is 0 Å². The van der Waals surface area contributed by atoms with E-state index in [1.165, 1.54) is 24.3 Å². The Balaban J connectivity index is 2.38. The highest BCUT2D eigenvalue weighted by Gasteiger charge is 2.31. The molecule has 0 aromatic heterocycles. The van der Waals surface area contributed by atoms with Gasteiger partial charge < -0.3 is 10.5 Å². The SMILES string of the molecule is N#Cc1ccc(Oc2cc(C(F)(F)F)ccc2Br)c(N)c1. The van der Waals surface area contributed by atoms with Gasteiger partial charge in [-0.05, 0) is 52.3 Å². The maximum absolute atomic E-state index is 12.7. The Morgan fingerprint density at radius 3 is 2.38 bits per heavy atom. The van der Waals surface area contributed by atoms with Crippen molar-refractivity contribution in [2.24, 2.45) is 0 Å². The average Bonchev–Trinajstić information content (AvgIpc) is 2.42. The van der Waals surface area contributed by atoms with Gasteiger partial charge in [0.05, 0.1) is 27.4 Å². The Bertz CT molecular complexity index is 723. The Kier molecular flexibility index (Phi) is 4.09. The third-order valence-corrected chi connectivity index (χ3v) is 3.27. The predicted octanol–water partition coefficient (Wildman–Crippen LogP) is 4.71. The third-order valence-electron chi connectivity index (χ3n) is 2.62. The van der Waals surface area contributed by atoms with Crippen molar-refractivity contribution < 1.29 is 17.9 Å². The highest BCUT2D eigenvalue weighted by atomic mass is 79.9. The van der Waals surface area contributed by atoms with Crippen LogP contribution >= 0.6 is 15.9 Å². The molecule has 0 saturated carbocycles. The van der Waals surface area contributed by atoms with E-state index in [0.717, 1.165) is 12.1 Å². The Morgan fingerprint density at radius 2 is 1.81 bits per heavy atom. The second-order valence-corrected chi connectivity index (χ2v) is 4.96. The van der Waals surface area contributed by atoms with Crippen molar-refractivity contribution in [2.45, 2.75) is 6.18 Å². The van der Waals surface area contributed by atoms with Gasteiger partial charge in [-0.2, -0.15) is 18.4 Å². The van der Waals surface area contributed by atoms with E-state index in [-0.39, 0.29) is 17.2 Å². The van der Waals surface area contributed by atoms with E-state index >= 15 is 0 Å². The van der Waals surface area contributed by atoms with Crippen LogP contribution in [0.5, 0.6) is 11.5 Å². The first kappa shape index (κ1) is 15.2. The summed E-state index contributed by atoms with van der Waals surface area (Å²) in [7, 11) is 0. The molecule has 21 heavy (non-hydrogen) atoms. The summed E-state index contributed by atoms with van der Waals surface area (Å²) in [5, 5.41) is 8.73. The maximum Gasteiger partial charge on any atom is 0.416 e. The second-order valence-electron chi connectivity index (χ2n) is 4.11. The molecule has 2 N–H and O–H groups in total. The molecule has 2 rings (SSSR count). The van der Waals surface area contributed by atoms with Gasteiger partial charge in [-0.3, -0.25) is 0 Å². The van der Waals surface area contributed by atoms with Crippen molar-refractivity contribution in [3.8, 4) is 17.6 Å². The molecule has 0 fully saturated rings. The van der Waals surface area contributed by atoms with Crippen LogP contribution in [0, 0.1) is 11.3 Å². The topological polar surface area (TPSA) is 59.0 Å². The summed E-state index contributed by atoms with van der Waals surface area (Å²) in [5.74, 6) is 0.162. The van der Waals surface area contributed by atoms with Crippen LogP contribution in [0.4, 0.5) is 18.9 Å². The number of hydrogen-bond acceptors (Lipinski definition) is 3. The molecule has 108 valence electrons. The molecule has 0 radical (unpaired) electrons. The Labute approximate surface area is 126 Å². The van der Waals surface area contributed by atoms with Gasteiger partial charge >= 0.3 is 6.18 Å². The number of nitrogens with two attached hydrogens (primary N) is 1. The highest BCUT2D eigenvalue weighted by Crippen LogP contribution is 2.38. The molecule has 0 saturated heterocycles. The lowest BCUT2D eigenvalue weighted by atomic mass is 10.2. The molecule has 0 aliphatic carbocycles. The molecule has 0 spiro atoms. The molecule has 3 nitrogen and oxygen atoms in total. The summed E-state index contributed by atoms with van der Waals surface area (Å²) < 4.78 is 43.8. The number of alkyl halides is 3. The summed E-state index contributed by atoms with van der Waals surface area (Å²) in [5.41, 5.74) is 5.38. The summed E-state index contributed by atoms with van der Waals surface area (Å²) in [6.07, 6.45) is -4.46. The number of hydrogen-bond donors (Lipinski definition) is 1. The zero-order valence-corrected chi connectivity index (χ0v) is 12.0. The van der Waals surface area contributed by atoms with E-state index in [1.54, 1.807) is 0 Å². The van der Waals surface area contributed by atoms with Crippen LogP contribution < -0.4 is 10.5 Å². The van der Waals surface area contributed by atoms with Crippen LogP contribution in [-0.2, 0) is 6.18 Å². The van der Waals surface area contributed by atoms with Crippen molar-refractivity contribution in [1.29, 1.82) is 5.26 Å². The Hall–Kier alpha value is -2.20. The van der Waals surface area contributed by atoms with E-state index in [4.69, 9.17) is 15.7 Å². The van der Waals surface area contributed by atoms with E-state index in [0.29, 0.717) is 10.0 Å².